The van der Waals surface area contributed by atoms with Crippen LogP contribution in [-0.4, -0.2) is 43.3 Å². The first-order chi connectivity index (χ1) is 20.1. The molecule has 6 nitrogen and oxygen atoms in total. The molecule has 0 unspecified atom stereocenters. The normalized spacial score (nSPS) is 11.3. The van der Waals surface area contributed by atoms with Gasteiger partial charge in [-0.15, -0.1) is 0 Å². The number of carboxylic acid groups (broad SMARTS) is 1. The molecule has 0 saturated carbocycles. The van der Waals surface area contributed by atoms with Gasteiger partial charge in [-0.25, -0.2) is 0 Å². The Morgan fingerprint density at radius 2 is 1.59 bits per heavy atom. The predicted molar refractivity (Wildman–Crippen MR) is 160 cm³/mol. The molecule has 1 aliphatic carbocycles. The minimum atomic E-state index is -0.840. The minimum absolute atomic E-state index is 0.0220. The van der Waals surface area contributed by atoms with Crippen molar-refractivity contribution in [3.05, 3.63) is 131 Å². The highest BCUT2D eigenvalue weighted by Crippen LogP contribution is 2.34. The Kier molecular flexibility index (Phi) is 9.02. The molecule has 0 radical (unpaired) electrons. The van der Waals surface area contributed by atoms with Crippen LogP contribution in [0.15, 0.2) is 108 Å². The lowest BCUT2D eigenvalue weighted by Crippen LogP contribution is -2.31. The maximum atomic E-state index is 11.8. The fraction of sp³-hybridized carbons (Fsp3) is 0.229. The Labute approximate surface area is 241 Å². The second-order valence-corrected chi connectivity index (χ2v) is 10.2. The summed E-state index contributed by atoms with van der Waals surface area (Å²) in [5.74, 6) is 0.832. The molecule has 3 aromatic rings. The highest BCUT2D eigenvalue weighted by atomic mass is 16.5. The van der Waals surface area contributed by atoms with Crippen molar-refractivity contribution in [2.75, 3.05) is 27.3 Å². The number of methoxy groups -OCH3 is 2. The predicted octanol–water partition coefficient (Wildman–Crippen LogP) is 6.91. The fourth-order valence-electron chi connectivity index (χ4n) is 5.57. The third-order valence-electron chi connectivity index (χ3n) is 7.62. The van der Waals surface area contributed by atoms with Gasteiger partial charge in [-0.05, 0) is 52.4 Å². The van der Waals surface area contributed by atoms with Crippen molar-refractivity contribution in [2.45, 2.75) is 25.3 Å². The Hall–Kier alpha value is -4.55. The van der Waals surface area contributed by atoms with Gasteiger partial charge in [-0.2, -0.15) is 0 Å². The van der Waals surface area contributed by atoms with Crippen molar-refractivity contribution in [2.24, 2.45) is 0 Å². The van der Waals surface area contributed by atoms with Gasteiger partial charge in [-0.3, -0.25) is 9.69 Å². The van der Waals surface area contributed by atoms with Crippen LogP contribution in [0.3, 0.4) is 0 Å². The molecule has 0 saturated heterocycles. The maximum Gasteiger partial charge on any atom is 0.307 e. The number of carbonyl (C=O) groups is 1. The van der Waals surface area contributed by atoms with E-state index in [0.29, 0.717) is 13.0 Å². The Morgan fingerprint density at radius 1 is 0.878 bits per heavy atom. The first kappa shape index (κ1) is 28.0. The van der Waals surface area contributed by atoms with E-state index in [1.54, 1.807) is 26.7 Å². The SMILES string of the molecule is COc1ccc(CN(CCc2cc3coccc-3c2CC(=O)O)CC(c2ccccc2)c2ccccc2)c(OC)c1. The number of nitrogens with zero attached hydrogens (tertiary/aromatic N) is 1. The van der Waals surface area contributed by atoms with Crippen molar-refractivity contribution in [3.63, 3.8) is 0 Å². The molecule has 0 fully saturated rings. The van der Waals surface area contributed by atoms with E-state index in [4.69, 9.17) is 13.9 Å². The average molecular weight is 550 g/mol. The van der Waals surface area contributed by atoms with Crippen LogP contribution in [-0.2, 0) is 24.2 Å². The van der Waals surface area contributed by atoms with Crippen molar-refractivity contribution >= 4 is 5.97 Å². The number of fused-ring (bicyclic) bond motifs is 1. The van der Waals surface area contributed by atoms with Gasteiger partial charge in [0.05, 0.1) is 33.2 Å². The zero-order valence-corrected chi connectivity index (χ0v) is 23.5. The van der Waals surface area contributed by atoms with Crippen LogP contribution >= 0.6 is 0 Å². The van der Waals surface area contributed by atoms with Gasteiger partial charge >= 0.3 is 5.97 Å². The Balaban J connectivity index is 1.49. The summed E-state index contributed by atoms with van der Waals surface area (Å²) in [5.41, 5.74) is 7.30. The zero-order valence-electron chi connectivity index (χ0n) is 23.5. The van der Waals surface area contributed by atoms with Crippen molar-refractivity contribution < 1.29 is 23.8 Å². The van der Waals surface area contributed by atoms with Crippen LogP contribution < -0.4 is 9.47 Å². The number of hydrogen-bond acceptors (Lipinski definition) is 5. The van der Waals surface area contributed by atoms with Crippen molar-refractivity contribution in [3.8, 4) is 22.6 Å². The molecule has 210 valence electrons. The molecule has 2 aliphatic rings. The third kappa shape index (κ3) is 6.79. The van der Waals surface area contributed by atoms with Gasteiger partial charge < -0.3 is 19.0 Å². The fourth-order valence-corrected chi connectivity index (χ4v) is 5.57. The molecule has 1 aliphatic heterocycles. The summed E-state index contributed by atoms with van der Waals surface area (Å²) >= 11 is 0. The number of ether oxygens (including phenoxy) is 2. The van der Waals surface area contributed by atoms with E-state index in [0.717, 1.165) is 52.4 Å². The lowest BCUT2D eigenvalue weighted by molar-refractivity contribution is -0.136. The summed E-state index contributed by atoms with van der Waals surface area (Å²) in [6.45, 7) is 2.16. The molecule has 5 rings (SSSR count). The largest absolute Gasteiger partial charge is 0.497 e. The topological polar surface area (TPSA) is 72.1 Å². The monoisotopic (exact) mass is 549 g/mol. The smallest absolute Gasteiger partial charge is 0.307 e. The van der Waals surface area contributed by atoms with Gasteiger partial charge in [-0.1, -0.05) is 66.7 Å². The Morgan fingerprint density at radius 3 is 2.22 bits per heavy atom. The molecule has 0 spiro atoms. The molecule has 1 heterocycles. The number of carboxylic acids is 1. The van der Waals surface area contributed by atoms with Crippen LogP contribution in [0.25, 0.3) is 11.1 Å². The number of rotatable bonds is 13. The number of hydrogen-bond donors (Lipinski definition) is 1. The molecule has 41 heavy (non-hydrogen) atoms. The van der Waals surface area contributed by atoms with Crippen LogP contribution in [0, 0.1) is 0 Å². The summed E-state index contributed by atoms with van der Waals surface area (Å²) in [5, 5.41) is 9.65. The molecule has 0 aromatic heterocycles. The van der Waals surface area contributed by atoms with E-state index < -0.39 is 5.97 Å². The van der Waals surface area contributed by atoms with Crippen LogP contribution in [0.2, 0.25) is 0 Å². The number of aliphatic carboxylic acids is 1. The summed E-state index contributed by atoms with van der Waals surface area (Å²) in [4.78, 5) is 14.2. The minimum Gasteiger partial charge on any atom is -0.497 e. The van der Waals surface area contributed by atoms with Crippen molar-refractivity contribution in [1.29, 1.82) is 0 Å². The van der Waals surface area contributed by atoms with Gasteiger partial charge in [0.1, 0.15) is 11.5 Å². The maximum absolute atomic E-state index is 11.8. The average Bonchev–Trinajstić information content (AvgIpc) is 3.35. The van der Waals surface area contributed by atoms with E-state index in [2.05, 4.69) is 65.6 Å². The molecule has 0 bridgehead atoms. The van der Waals surface area contributed by atoms with Gasteiger partial charge in [0.25, 0.3) is 0 Å². The zero-order chi connectivity index (χ0) is 28.6. The molecular formula is C35H35NO5. The molecule has 1 N–H and O–H groups in total. The van der Waals surface area contributed by atoms with E-state index >= 15 is 0 Å². The van der Waals surface area contributed by atoms with Crippen LogP contribution in [0.4, 0.5) is 0 Å². The van der Waals surface area contributed by atoms with E-state index in [-0.39, 0.29) is 12.3 Å². The van der Waals surface area contributed by atoms with Gasteiger partial charge in [0.15, 0.2) is 0 Å². The number of benzene rings is 3. The lowest BCUT2D eigenvalue weighted by Gasteiger charge is -2.29. The van der Waals surface area contributed by atoms with E-state index in [1.807, 2.05) is 30.3 Å². The standard InChI is InChI=1S/C35H35NO5/c1-39-30-14-13-28(34(20-30)40-2)22-36(23-33(25-9-5-3-6-10-25)26-11-7-4-8-12-26)17-15-27-19-29-24-41-18-16-31(29)32(27)21-35(37)38/h3-14,16,18-20,24,33H,15,17,21-23H2,1-2H3,(H,37,38). The molecule has 6 heteroatoms. The van der Waals surface area contributed by atoms with E-state index in [9.17, 15) is 9.90 Å². The second-order valence-electron chi connectivity index (χ2n) is 10.2. The lowest BCUT2D eigenvalue weighted by atomic mass is 9.90. The summed E-state index contributed by atoms with van der Waals surface area (Å²) < 4.78 is 16.6. The highest BCUT2D eigenvalue weighted by molar-refractivity contribution is 5.80. The quantitative estimate of drug-likeness (QED) is 0.172. The molecule has 0 atom stereocenters. The van der Waals surface area contributed by atoms with Gasteiger partial charge in [0, 0.05) is 42.7 Å². The summed E-state index contributed by atoms with van der Waals surface area (Å²) in [6.07, 6.45) is 3.97. The first-order valence-corrected chi connectivity index (χ1v) is 13.8. The van der Waals surface area contributed by atoms with Crippen LogP contribution in [0.5, 0.6) is 11.5 Å². The summed E-state index contributed by atoms with van der Waals surface area (Å²) in [6, 6.07) is 31.0. The molecule has 3 aromatic carbocycles. The van der Waals surface area contributed by atoms with Crippen LogP contribution in [0.1, 0.15) is 33.7 Å². The van der Waals surface area contributed by atoms with E-state index in [1.165, 1.54) is 11.1 Å². The highest BCUT2D eigenvalue weighted by Gasteiger charge is 2.23. The summed E-state index contributed by atoms with van der Waals surface area (Å²) in [7, 11) is 3.33. The molecule has 0 amide bonds. The molecular weight excluding hydrogens is 514 g/mol. The third-order valence-corrected chi connectivity index (χ3v) is 7.62. The van der Waals surface area contributed by atoms with Crippen molar-refractivity contribution in [1.82, 2.24) is 4.90 Å². The van der Waals surface area contributed by atoms with Gasteiger partial charge in [0.2, 0.25) is 0 Å². The Bertz CT molecular complexity index is 1490. The second kappa shape index (κ2) is 13.2. The first-order valence-electron chi connectivity index (χ1n) is 13.8.